The molecule has 0 aromatic carbocycles. The average molecular weight is 279 g/mol. The Labute approximate surface area is 120 Å². The van der Waals surface area contributed by atoms with Gasteiger partial charge in [0.15, 0.2) is 5.11 Å². The van der Waals surface area contributed by atoms with Crippen LogP contribution in [0.15, 0.2) is 29.6 Å². The fourth-order valence-electron chi connectivity index (χ4n) is 1.52. The molecule has 19 heavy (non-hydrogen) atoms. The summed E-state index contributed by atoms with van der Waals surface area (Å²) in [4.78, 5) is 6.27. The van der Waals surface area contributed by atoms with Gasteiger partial charge in [-0.3, -0.25) is 10.4 Å². The van der Waals surface area contributed by atoms with Gasteiger partial charge in [0.1, 0.15) is 0 Å². The number of hydrazone groups is 1. The van der Waals surface area contributed by atoms with E-state index in [-0.39, 0.29) is 0 Å². The molecule has 0 saturated carbocycles. The number of nitrogens with one attached hydrogen (secondary N) is 2. The highest BCUT2D eigenvalue weighted by Gasteiger charge is 1.98. The van der Waals surface area contributed by atoms with Crippen LogP contribution >= 0.6 is 12.2 Å². The first-order valence-electron chi connectivity index (χ1n) is 6.45. The van der Waals surface area contributed by atoms with Crippen molar-refractivity contribution in [1.82, 2.24) is 20.6 Å². The van der Waals surface area contributed by atoms with Gasteiger partial charge in [-0.05, 0) is 43.0 Å². The molecule has 6 heteroatoms. The summed E-state index contributed by atoms with van der Waals surface area (Å²) in [6.45, 7) is 8.20. The lowest BCUT2D eigenvalue weighted by Crippen LogP contribution is -2.38. The molecule has 1 heterocycles. The van der Waals surface area contributed by atoms with Crippen LogP contribution in [0, 0.1) is 0 Å². The topological polar surface area (TPSA) is 52.5 Å². The minimum Gasteiger partial charge on any atom is -0.360 e. The highest BCUT2D eigenvalue weighted by Crippen LogP contribution is 1.90. The maximum absolute atomic E-state index is 5.13. The van der Waals surface area contributed by atoms with Gasteiger partial charge in [-0.1, -0.05) is 13.8 Å². The van der Waals surface area contributed by atoms with Crippen molar-refractivity contribution in [3.63, 3.8) is 0 Å². The lowest BCUT2D eigenvalue weighted by molar-refractivity contribution is 0.308. The number of likely N-dealkylation sites (N-methyl/N-ethyl adjacent to an activating group) is 1. The second kappa shape index (κ2) is 9.41. The summed E-state index contributed by atoms with van der Waals surface area (Å²) in [5.41, 5.74) is 3.77. The number of hydrogen-bond acceptors (Lipinski definition) is 4. The van der Waals surface area contributed by atoms with Crippen LogP contribution in [-0.4, -0.2) is 47.4 Å². The monoisotopic (exact) mass is 279 g/mol. The van der Waals surface area contributed by atoms with Gasteiger partial charge in [-0.2, -0.15) is 5.10 Å². The Morgan fingerprint density at radius 1 is 1.37 bits per heavy atom. The van der Waals surface area contributed by atoms with Crippen LogP contribution in [0.2, 0.25) is 0 Å². The number of pyridine rings is 1. The summed E-state index contributed by atoms with van der Waals surface area (Å²) < 4.78 is 0. The van der Waals surface area contributed by atoms with E-state index in [0.29, 0.717) is 5.11 Å². The predicted molar refractivity (Wildman–Crippen MR) is 83.4 cm³/mol. The van der Waals surface area contributed by atoms with Crippen molar-refractivity contribution in [2.45, 2.75) is 13.8 Å². The van der Waals surface area contributed by atoms with Crippen molar-refractivity contribution >= 4 is 23.5 Å². The molecule has 0 fully saturated rings. The third-order valence-corrected chi connectivity index (χ3v) is 2.93. The second-order valence-electron chi connectivity index (χ2n) is 3.93. The van der Waals surface area contributed by atoms with E-state index in [1.165, 1.54) is 0 Å². The van der Waals surface area contributed by atoms with Crippen LogP contribution in [0.3, 0.4) is 0 Å². The summed E-state index contributed by atoms with van der Waals surface area (Å²) in [7, 11) is 0. The third-order valence-electron chi connectivity index (χ3n) is 2.69. The number of thiocarbonyl (C=S) groups is 1. The highest BCUT2D eigenvalue weighted by atomic mass is 32.1. The fourth-order valence-corrected chi connectivity index (χ4v) is 1.68. The summed E-state index contributed by atoms with van der Waals surface area (Å²) >= 11 is 5.13. The largest absolute Gasteiger partial charge is 0.360 e. The Balaban J connectivity index is 2.19. The molecular weight excluding hydrogens is 258 g/mol. The van der Waals surface area contributed by atoms with E-state index in [0.717, 1.165) is 31.7 Å². The molecule has 0 aliphatic rings. The van der Waals surface area contributed by atoms with E-state index in [1.807, 2.05) is 12.1 Å². The normalized spacial score (nSPS) is 10.9. The van der Waals surface area contributed by atoms with E-state index >= 15 is 0 Å². The highest BCUT2D eigenvalue weighted by molar-refractivity contribution is 7.80. The van der Waals surface area contributed by atoms with E-state index < -0.39 is 0 Å². The Morgan fingerprint density at radius 2 is 2.05 bits per heavy atom. The summed E-state index contributed by atoms with van der Waals surface area (Å²) in [6, 6.07) is 3.75. The number of hydrogen-bond donors (Lipinski definition) is 2. The van der Waals surface area contributed by atoms with Gasteiger partial charge >= 0.3 is 0 Å². The average Bonchev–Trinajstić information content (AvgIpc) is 2.45. The van der Waals surface area contributed by atoms with E-state index in [1.54, 1.807) is 18.6 Å². The molecule has 0 spiro atoms. The zero-order valence-corrected chi connectivity index (χ0v) is 12.3. The van der Waals surface area contributed by atoms with Crippen molar-refractivity contribution in [1.29, 1.82) is 0 Å². The molecule has 5 nitrogen and oxygen atoms in total. The Hall–Kier alpha value is -1.53. The van der Waals surface area contributed by atoms with Gasteiger partial charge in [0, 0.05) is 25.5 Å². The third kappa shape index (κ3) is 6.83. The smallest absolute Gasteiger partial charge is 0.187 e. The van der Waals surface area contributed by atoms with E-state index in [9.17, 15) is 0 Å². The zero-order valence-electron chi connectivity index (χ0n) is 11.5. The molecule has 0 radical (unpaired) electrons. The van der Waals surface area contributed by atoms with Crippen LogP contribution in [-0.2, 0) is 0 Å². The molecule has 0 aliphatic heterocycles. The molecule has 0 saturated heterocycles. The standard InChI is InChI=1S/C13H21N5S/c1-3-18(4-2)10-9-15-13(19)17-16-11-12-5-7-14-8-6-12/h5-8,11H,3-4,9-10H2,1-2H3,(H2,15,17,19)/b16-11+. The van der Waals surface area contributed by atoms with Crippen LogP contribution in [0.4, 0.5) is 0 Å². The quantitative estimate of drug-likeness (QED) is 0.446. The maximum atomic E-state index is 5.13. The first-order chi connectivity index (χ1) is 9.26. The fraction of sp³-hybridized carbons (Fsp3) is 0.462. The Bertz CT molecular complexity index is 389. The molecule has 1 aromatic rings. The number of rotatable bonds is 7. The van der Waals surface area contributed by atoms with Crippen LogP contribution in [0.1, 0.15) is 19.4 Å². The SMILES string of the molecule is CCN(CC)CCNC(=S)N/N=C/c1ccncc1. The van der Waals surface area contributed by atoms with Gasteiger partial charge < -0.3 is 10.2 Å². The van der Waals surface area contributed by atoms with Gasteiger partial charge in [-0.15, -0.1) is 0 Å². The molecule has 0 aliphatic carbocycles. The zero-order chi connectivity index (χ0) is 13.9. The molecule has 0 bridgehead atoms. The van der Waals surface area contributed by atoms with Gasteiger partial charge in [0.05, 0.1) is 6.21 Å². The molecule has 0 atom stereocenters. The van der Waals surface area contributed by atoms with E-state index in [2.05, 4.69) is 39.6 Å². The van der Waals surface area contributed by atoms with Crippen molar-refractivity contribution in [3.8, 4) is 0 Å². The maximum Gasteiger partial charge on any atom is 0.187 e. The summed E-state index contributed by atoms with van der Waals surface area (Å²) in [6.07, 6.45) is 5.16. The van der Waals surface area contributed by atoms with Crippen LogP contribution in [0.5, 0.6) is 0 Å². The summed E-state index contributed by atoms with van der Waals surface area (Å²) in [5, 5.41) is 7.72. The predicted octanol–water partition coefficient (Wildman–Crippen LogP) is 1.22. The lowest BCUT2D eigenvalue weighted by atomic mass is 10.3. The van der Waals surface area contributed by atoms with Gasteiger partial charge in [0.25, 0.3) is 0 Å². The van der Waals surface area contributed by atoms with Crippen molar-refractivity contribution < 1.29 is 0 Å². The van der Waals surface area contributed by atoms with Gasteiger partial charge in [0.2, 0.25) is 0 Å². The van der Waals surface area contributed by atoms with Crippen LogP contribution in [0.25, 0.3) is 0 Å². The summed E-state index contributed by atoms with van der Waals surface area (Å²) in [5.74, 6) is 0. The Morgan fingerprint density at radius 3 is 2.68 bits per heavy atom. The lowest BCUT2D eigenvalue weighted by Gasteiger charge is -2.18. The molecule has 0 unspecified atom stereocenters. The van der Waals surface area contributed by atoms with Crippen molar-refractivity contribution in [2.75, 3.05) is 26.2 Å². The minimum atomic E-state index is 0.539. The van der Waals surface area contributed by atoms with Crippen molar-refractivity contribution in [3.05, 3.63) is 30.1 Å². The molecule has 104 valence electrons. The number of aromatic nitrogens is 1. The minimum absolute atomic E-state index is 0.539. The van der Waals surface area contributed by atoms with Crippen molar-refractivity contribution in [2.24, 2.45) is 5.10 Å². The molecule has 1 aromatic heterocycles. The van der Waals surface area contributed by atoms with Gasteiger partial charge in [-0.25, -0.2) is 0 Å². The molecule has 1 rings (SSSR count). The first-order valence-corrected chi connectivity index (χ1v) is 6.86. The number of nitrogens with zero attached hydrogens (tertiary/aromatic N) is 3. The molecule has 0 amide bonds. The van der Waals surface area contributed by atoms with Crippen LogP contribution < -0.4 is 10.7 Å². The Kier molecular flexibility index (Phi) is 7.69. The first kappa shape index (κ1) is 15.5. The van der Waals surface area contributed by atoms with E-state index in [4.69, 9.17) is 12.2 Å². The molecule has 2 N–H and O–H groups in total. The second-order valence-corrected chi connectivity index (χ2v) is 4.34. The molecular formula is C13H21N5S.